The monoisotopic (exact) mass is 256 g/mol. The number of unbranched alkanes of at least 4 members (excludes halogenated alkanes) is 2. The molecule has 0 heterocycles. The fourth-order valence-electron chi connectivity index (χ4n) is 0.558. The fourth-order valence-corrected chi connectivity index (χ4v) is 0.558. The Labute approximate surface area is 116 Å². The van der Waals surface area contributed by atoms with Crippen LogP contribution in [0, 0.1) is 0 Å². The van der Waals surface area contributed by atoms with Crippen LogP contribution in [0.25, 0.3) is 0 Å². The van der Waals surface area contributed by atoms with Gasteiger partial charge < -0.3 is 4.74 Å². The Morgan fingerprint density at radius 1 is 0.647 bits per heavy atom. The summed E-state index contributed by atoms with van der Waals surface area (Å²) in [6.45, 7) is 11.4. The molecule has 0 aliphatic rings. The number of hydrogen-bond donors (Lipinski definition) is 0. The Kier molecular flexibility index (Phi) is 318. The molecule has 0 atom stereocenters. The first-order chi connectivity index (χ1) is 5.83. The van der Waals surface area contributed by atoms with Gasteiger partial charge in [0.25, 0.3) is 0 Å². The molecule has 0 aliphatic carbocycles. The van der Waals surface area contributed by atoms with Crippen LogP contribution in [-0.2, 0) is 4.74 Å². The molecular formula is C16H48O. The van der Waals surface area contributed by atoms with E-state index in [1.54, 1.807) is 7.11 Å². The number of ether oxygens (including phenoxy) is 1. The molecule has 0 aromatic rings. The summed E-state index contributed by atoms with van der Waals surface area (Å²) in [4.78, 5) is 0. The Hall–Kier alpha value is -0.0400. The van der Waals surface area contributed by atoms with E-state index >= 15 is 0 Å². The molecule has 17 heavy (non-hydrogen) atoms. The zero-order valence-electron chi connectivity index (χ0n) is 9.94. The second kappa shape index (κ2) is 101. The second-order valence-corrected chi connectivity index (χ2v) is 2.35. The molecule has 0 radical (unpaired) electrons. The lowest BCUT2D eigenvalue weighted by Crippen LogP contribution is -1.80. The summed E-state index contributed by atoms with van der Waals surface area (Å²) in [6.07, 6.45) is 5.20. The summed E-state index contributed by atoms with van der Waals surface area (Å²) < 4.78 is 4.69. The average molecular weight is 257 g/mol. The molecule has 1 nitrogen and oxygen atoms in total. The highest BCUT2D eigenvalue weighted by atomic mass is 16.5. The van der Waals surface area contributed by atoms with Crippen molar-refractivity contribution in [2.45, 2.75) is 97.4 Å². The standard InChI is InChI=1S/C5H12.C4H10O.C2H6.5CH4/c1-3-5-4-2;1-3-4-5-2;1-2;;;;;/h3-5H2,1-2H3;3-4H2,1-2H3;1-2H3;5*1H4. The van der Waals surface area contributed by atoms with Gasteiger partial charge in [0.2, 0.25) is 0 Å². The molecule has 0 unspecified atom stereocenters. The zero-order chi connectivity index (χ0) is 10.2. The highest BCUT2D eigenvalue weighted by Crippen LogP contribution is 1.88. The summed E-state index contributed by atoms with van der Waals surface area (Å²) in [7, 11) is 1.71. The van der Waals surface area contributed by atoms with Gasteiger partial charge in [-0.2, -0.15) is 0 Å². The molecule has 0 aromatic carbocycles. The molecule has 0 amide bonds. The summed E-state index contributed by atoms with van der Waals surface area (Å²) in [5.74, 6) is 0. The normalized spacial score (nSPS) is 5.29. The van der Waals surface area contributed by atoms with Gasteiger partial charge >= 0.3 is 0 Å². The third-order valence-electron chi connectivity index (χ3n) is 1.12. The van der Waals surface area contributed by atoms with E-state index in [-0.39, 0.29) is 37.1 Å². The maximum Gasteiger partial charge on any atom is 0.0459 e. The Bertz CT molecular complexity index is 26.5. The van der Waals surface area contributed by atoms with Crippen LogP contribution < -0.4 is 0 Å². The maximum absolute atomic E-state index is 4.69. The molecule has 0 saturated heterocycles. The Morgan fingerprint density at radius 3 is 0.941 bits per heavy atom. The van der Waals surface area contributed by atoms with Gasteiger partial charge in [-0.15, -0.1) is 0 Å². The quantitative estimate of drug-likeness (QED) is 0.507. The minimum absolute atomic E-state index is 0. The van der Waals surface area contributed by atoms with Gasteiger partial charge in [-0.25, -0.2) is 0 Å². The molecule has 118 valence electrons. The van der Waals surface area contributed by atoms with E-state index in [2.05, 4.69) is 20.8 Å². The van der Waals surface area contributed by atoms with Crippen molar-refractivity contribution in [3.63, 3.8) is 0 Å². The van der Waals surface area contributed by atoms with Crippen LogP contribution in [0.1, 0.15) is 97.4 Å². The predicted octanol–water partition coefficient (Wildman–Crippen LogP) is 7.45. The molecule has 0 fully saturated rings. The van der Waals surface area contributed by atoms with Crippen LogP contribution in [0.5, 0.6) is 0 Å². The first-order valence-corrected chi connectivity index (χ1v) is 5.32. The van der Waals surface area contributed by atoms with Gasteiger partial charge in [-0.05, 0) is 6.42 Å². The van der Waals surface area contributed by atoms with E-state index in [0.717, 1.165) is 13.0 Å². The van der Waals surface area contributed by atoms with Gasteiger partial charge in [-0.1, -0.05) is 91.0 Å². The number of methoxy groups -OCH3 is 1. The number of rotatable bonds is 4. The topological polar surface area (TPSA) is 9.23 Å². The lowest BCUT2D eigenvalue weighted by atomic mass is 10.3. The largest absolute Gasteiger partial charge is 0.385 e. The lowest BCUT2D eigenvalue weighted by molar-refractivity contribution is 0.199. The van der Waals surface area contributed by atoms with Gasteiger partial charge in [0, 0.05) is 13.7 Å². The van der Waals surface area contributed by atoms with E-state index in [1.165, 1.54) is 19.3 Å². The van der Waals surface area contributed by atoms with Crippen LogP contribution in [0.4, 0.5) is 0 Å². The van der Waals surface area contributed by atoms with Crippen molar-refractivity contribution in [2.24, 2.45) is 0 Å². The SMILES string of the molecule is C.C.C.C.C.CC.CCCCC.CCCOC. The van der Waals surface area contributed by atoms with Gasteiger partial charge in [0.1, 0.15) is 0 Å². The zero-order valence-corrected chi connectivity index (χ0v) is 9.94. The maximum atomic E-state index is 4.69. The van der Waals surface area contributed by atoms with Crippen molar-refractivity contribution in [2.75, 3.05) is 13.7 Å². The molecule has 1 heteroatoms. The van der Waals surface area contributed by atoms with Crippen molar-refractivity contribution in [1.82, 2.24) is 0 Å². The van der Waals surface area contributed by atoms with Crippen molar-refractivity contribution in [1.29, 1.82) is 0 Å². The van der Waals surface area contributed by atoms with Crippen molar-refractivity contribution < 1.29 is 4.74 Å². The molecular weight excluding hydrogens is 208 g/mol. The van der Waals surface area contributed by atoms with Gasteiger partial charge in [-0.3, -0.25) is 0 Å². The first kappa shape index (κ1) is 53.8. The van der Waals surface area contributed by atoms with E-state index < -0.39 is 0 Å². The highest BCUT2D eigenvalue weighted by molar-refractivity contribution is 4.24. The third kappa shape index (κ3) is 198. The Morgan fingerprint density at radius 2 is 0.941 bits per heavy atom. The summed E-state index contributed by atoms with van der Waals surface area (Å²) >= 11 is 0. The third-order valence-corrected chi connectivity index (χ3v) is 1.12. The minimum Gasteiger partial charge on any atom is -0.385 e. The van der Waals surface area contributed by atoms with E-state index in [9.17, 15) is 0 Å². The molecule has 0 aliphatic heterocycles. The minimum atomic E-state index is 0. The van der Waals surface area contributed by atoms with Crippen molar-refractivity contribution >= 4 is 0 Å². The molecule has 0 aromatic heterocycles. The van der Waals surface area contributed by atoms with Crippen molar-refractivity contribution in [3.8, 4) is 0 Å². The predicted molar refractivity (Wildman–Crippen MR) is 92.4 cm³/mol. The molecule has 0 N–H and O–H groups in total. The van der Waals surface area contributed by atoms with Crippen LogP contribution in [0.2, 0.25) is 0 Å². The van der Waals surface area contributed by atoms with Crippen LogP contribution >= 0.6 is 0 Å². The van der Waals surface area contributed by atoms with E-state index in [1.807, 2.05) is 13.8 Å². The van der Waals surface area contributed by atoms with E-state index in [0.29, 0.717) is 0 Å². The van der Waals surface area contributed by atoms with Crippen molar-refractivity contribution in [3.05, 3.63) is 0 Å². The molecule has 0 rings (SSSR count). The van der Waals surface area contributed by atoms with Crippen LogP contribution in [0.3, 0.4) is 0 Å². The molecule has 0 bridgehead atoms. The summed E-state index contributed by atoms with van der Waals surface area (Å²) in [5.41, 5.74) is 0. The fraction of sp³-hybridized carbons (Fsp3) is 1.00. The Balaban J connectivity index is -0.0000000110. The second-order valence-electron chi connectivity index (χ2n) is 2.35. The molecule has 0 spiro atoms. The first-order valence-electron chi connectivity index (χ1n) is 5.32. The van der Waals surface area contributed by atoms with Crippen LogP contribution in [0.15, 0.2) is 0 Å². The smallest absolute Gasteiger partial charge is 0.0459 e. The summed E-state index contributed by atoms with van der Waals surface area (Å²) in [5, 5.41) is 0. The van der Waals surface area contributed by atoms with Gasteiger partial charge in [0.15, 0.2) is 0 Å². The average Bonchev–Trinajstić information content (AvgIpc) is 2.12. The lowest BCUT2D eigenvalue weighted by Gasteiger charge is -1.84. The van der Waals surface area contributed by atoms with Crippen LogP contribution in [-0.4, -0.2) is 13.7 Å². The van der Waals surface area contributed by atoms with E-state index in [4.69, 9.17) is 4.74 Å². The van der Waals surface area contributed by atoms with Gasteiger partial charge in [0.05, 0.1) is 0 Å². The summed E-state index contributed by atoms with van der Waals surface area (Å²) in [6, 6.07) is 0. The molecule has 0 saturated carbocycles. The number of hydrogen-bond acceptors (Lipinski definition) is 1. The highest BCUT2D eigenvalue weighted by Gasteiger charge is 1.68.